The maximum atomic E-state index is 12.2. The van der Waals surface area contributed by atoms with Crippen LogP contribution in [0.5, 0.6) is 0 Å². The molecular weight excluding hydrogens is 290 g/mol. The molecule has 1 fully saturated rings. The number of carbonyl (C=O) groups is 2. The number of hydrogen-bond acceptors (Lipinski definition) is 2. The molecule has 1 heterocycles. The van der Waals surface area contributed by atoms with E-state index < -0.39 is 0 Å². The quantitative estimate of drug-likeness (QED) is 0.875. The second-order valence-corrected chi connectivity index (χ2v) is 6.32. The Labute approximate surface area is 138 Å². The lowest BCUT2D eigenvalue weighted by atomic mass is 10.1. The number of hydrogen-bond donors (Lipinski definition) is 1. The van der Waals surface area contributed by atoms with Gasteiger partial charge in [-0.1, -0.05) is 30.3 Å². The first-order chi connectivity index (χ1) is 11.1. The van der Waals surface area contributed by atoms with Crippen LogP contribution in [0.4, 0.5) is 4.79 Å². The first-order valence-electron chi connectivity index (χ1n) is 8.39. The highest BCUT2D eigenvalue weighted by atomic mass is 16.2. The zero-order valence-electron chi connectivity index (χ0n) is 14.1. The molecule has 5 heteroatoms. The number of likely N-dealkylation sites (N-methyl/N-ethyl adjacent to an activating group) is 1. The summed E-state index contributed by atoms with van der Waals surface area (Å²) in [5, 5.41) is 2.96. The van der Waals surface area contributed by atoms with Gasteiger partial charge in [0.15, 0.2) is 0 Å². The van der Waals surface area contributed by atoms with E-state index in [1.54, 1.807) is 7.05 Å². The topological polar surface area (TPSA) is 52.7 Å². The first-order valence-corrected chi connectivity index (χ1v) is 8.39. The summed E-state index contributed by atoms with van der Waals surface area (Å²) >= 11 is 0. The van der Waals surface area contributed by atoms with Crippen LogP contribution < -0.4 is 5.32 Å². The minimum Gasteiger partial charge on any atom is -0.341 e. The molecule has 5 nitrogen and oxygen atoms in total. The van der Waals surface area contributed by atoms with Crippen LogP contribution in [0.1, 0.15) is 31.7 Å². The number of likely N-dealkylation sites (tertiary alicyclic amines) is 1. The highest BCUT2D eigenvalue weighted by molar-refractivity contribution is 5.84. The van der Waals surface area contributed by atoms with Crippen molar-refractivity contribution < 1.29 is 9.59 Å². The number of benzene rings is 1. The number of urea groups is 1. The molecule has 0 bridgehead atoms. The normalized spacial score (nSPS) is 15.3. The maximum Gasteiger partial charge on any atom is 0.317 e. The maximum absolute atomic E-state index is 12.2. The largest absolute Gasteiger partial charge is 0.341 e. The number of aryl methyl sites for hydroxylation is 1. The molecule has 1 atom stereocenters. The summed E-state index contributed by atoms with van der Waals surface area (Å²) in [7, 11) is 1.67. The Balaban J connectivity index is 1.70. The Kier molecular flexibility index (Phi) is 6.44. The summed E-state index contributed by atoms with van der Waals surface area (Å²) in [6, 6.07) is 10.1. The van der Waals surface area contributed by atoms with Gasteiger partial charge in [-0.25, -0.2) is 4.79 Å². The fourth-order valence-electron chi connectivity index (χ4n) is 2.76. The summed E-state index contributed by atoms with van der Waals surface area (Å²) in [5.74, 6) is 0.0390. The van der Waals surface area contributed by atoms with Crippen LogP contribution in [-0.4, -0.2) is 54.5 Å². The molecule has 0 aromatic heterocycles. The second-order valence-electron chi connectivity index (χ2n) is 6.32. The van der Waals surface area contributed by atoms with Gasteiger partial charge in [0.25, 0.3) is 0 Å². The molecule has 1 aliphatic rings. The number of nitrogens with zero attached hydrogens (tertiary/aromatic N) is 2. The van der Waals surface area contributed by atoms with E-state index in [-0.39, 0.29) is 24.5 Å². The summed E-state index contributed by atoms with van der Waals surface area (Å²) in [5.41, 5.74) is 1.27. The SMILES string of the molecule is CC(CCc1ccccc1)NC(=O)N(C)CC(=O)N1CCCC1. The van der Waals surface area contributed by atoms with Gasteiger partial charge in [0, 0.05) is 26.2 Å². The Hall–Kier alpha value is -2.04. The summed E-state index contributed by atoms with van der Waals surface area (Å²) < 4.78 is 0. The van der Waals surface area contributed by atoms with E-state index in [2.05, 4.69) is 17.4 Å². The average molecular weight is 317 g/mol. The molecule has 0 spiro atoms. The van der Waals surface area contributed by atoms with Crippen molar-refractivity contribution >= 4 is 11.9 Å². The molecule has 0 radical (unpaired) electrons. The van der Waals surface area contributed by atoms with Gasteiger partial charge in [-0.05, 0) is 38.2 Å². The van der Waals surface area contributed by atoms with Gasteiger partial charge in [-0.15, -0.1) is 0 Å². The van der Waals surface area contributed by atoms with Crippen molar-refractivity contribution in [2.75, 3.05) is 26.7 Å². The Bertz CT molecular complexity index is 512. The molecule has 0 aliphatic carbocycles. The van der Waals surface area contributed by atoms with E-state index in [0.29, 0.717) is 0 Å². The minimum absolute atomic E-state index is 0.0390. The van der Waals surface area contributed by atoms with Gasteiger partial charge in [0.2, 0.25) is 5.91 Å². The molecule has 126 valence electrons. The Morgan fingerprint density at radius 2 is 1.87 bits per heavy atom. The predicted molar refractivity (Wildman–Crippen MR) is 91.2 cm³/mol. The highest BCUT2D eigenvalue weighted by Gasteiger charge is 2.21. The van der Waals surface area contributed by atoms with Gasteiger partial charge in [-0.2, -0.15) is 0 Å². The lowest BCUT2D eigenvalue weighted by molar-refractivity contribution is -0.130. The van der Waals surface area contributed by atoms with Crippen LogP contribution >= 0.6 is 0 Å². The number of rotatable bonds is 6. The number of nitrogens with one attached hydrogen (secondary N) is 1. The zero-order chi connectivity index (χ0) is 16.7. The molecule has 1 aromatic carbocycles. The van der Waals surface area contributed by atoms with Crippen LogP contribution in [0, 0.1) is 0 Å². The van der Waals surface area contributed by atoms with Crippen molar-refractivity contribution in [1.82, 2.24) is 15.1 Å². The van der Waals surface area contributed by atoms with E-state index >= 15 is 0 Å². The average Bonchev–Trinajstić information content (AvgIpc) is 3.08. The van der Waals surface area contributed by atoms with Crippen molar-refractivity contribution in [3.63, 3.8) is 0 Å². The fourth-order valence-corrected chi connectivity index (χ4v) is 2.76. The van der Waals surface area contributed by atoms with Crippen LogP contribution in [0.2, 0.25) is 0 Å². The number of amides is 3. The van der Waals surface area contributed by atoms with Gasteiger partial charge >= 0.3 is 6.03 Å². The predicted octanol–water partition coefficient (Wildman–Crippen LogP) is 2.27. The third kappa shape index (κ3) is 5.58. The second kappa shape index (κ2) is 8.56. The van der Waals surface area contributed by atoms with E-state index in [9.17, 15) is 9.59 Å². The third-order valence-electron chi connectivity index (χ3n) is 4.26. The van der Waals surface area contributed by atoms with Gasteiger partial charge in [-0.3, -0.25) is 4.79 Å². The minimum atomic E-state index is -0.182. The van der Waals surface area contributed by atoms with E-state index in [1.165, 1.54) is 10.5 Å². The van der Waals surface area contributed by atoms with Crippen LogP contribution in [0.25, 0.3) is 0 Å². The molecule has 2 rings (SSSR count). The van der Waals surface area contributed by atoms with E-state index in [4.69, 9.17) is 0 Å². The van der Waals surface area contributed by atoms with E-state index in [1.807, 2.05) is 30.0 Å². The molecule has 23 heavy (non-hydrogen) atoms. The molecule has 1 aliphatic heterocycles. The summed E-state index contributed by atoms with van der Waals surface area (Å²) in [6.45, 7) is 3.79. The standard InChI is InChI=1S/C18H27N3O2/c1-15(10-11-16-8-4-3-5-9-16)19-18(23)20(2)14-17(22)21-12-6-7-13-21/h3-5,8-9,15H,6-7,10-14H2,1-2H3,(H,19,23). The van der Waals surface area contributed by atoms with Crippen LogP contribution in [0.3, 0.4) is 0 Å². The van der Waals surface area contributed by atoms with Crippen molar-refractivity contribution in [1.29, 1.82) is 0 Å². The summed E-state index contributed by atoms with van der Waals surface area (Å²) in [6.07, 6.45) is 3.94. The van der Waals surface area contributed by atoms with Crippen molar-refractivity contribution in [3.8, 4) is 0 Å². The molecule has 1 saturated heterocycles. The zero-order valence-corrected chi connectivity index (χ0v) is 14.1. The smallest absolute Gasteiger partial charge is 0.317 e. The molecular formula is C18H27N3O2. The fraction of sp³-hybridized carbons (Fsp3) is 0.556. The first kappa shape index (κ1) is 17.3. The van der Waals surface area contributed by atoms with Crippen LogP contribution in [-0.2, 0) is 11.2 Å². The lowest BCUT2D eigenvalue weighted by Gasteiger charge is -2.23. The Morgan fingerprint density at radius 3 is 2.52 bits per heavy atom. The van der Waals surface area contributed by atoms with Gasteiger partial charge in [0.1, 0.15) is 6.54 Å². The molecule has 0 saturated carbocycles. The molecule has 3 amide bonds. The Morgan fingerprint density at radius 1 is 1.22 bits per heavy atom. The molecule has 1 unspecified atom stereocenters. The van der Waals surface area contributed by atoms with Crippen LogP contribution in [0.15, 0.2) is 30.3 Å². The lowest BCUT2D eigenvalue weighted by Crippen LogP contribution is -2.46. The molecule has 1 aromatic rings. The van der Waals surface area contributed by atoms with Crippen molar-refractivity contribution in [2.24, 2.45) is 0 Å². The molecule has 1 N–H and O–H groups in total. The van der Waals surface area contributed by atoms with Crippen molar-refractivity contribution in [3.05, 3.63) is 35.9 Å². The third-order valence-corrected chi connectivity index (χ3v) is 4.26. The van der Waals surface area contributed by atoms with Gasteiger partial charge < -0.3 is 15.1 Å². The van der Waals surface area contributed by atoms with Gasteiger partial charge in [0.05, 0.1) is 0 Å². The summed E-state index contributed by atoms with van der Waals surface area (Å²) in [4.78, 5) is 27.5. The van der Waals surface area contributed by atoms with Crippen molar-refractivity contribution in [2.45, 2.75) is 38.6 Å². The monoisotopic (exact) mass is 317 g/mol. The van der Waals surface area contributed by atoms with E-state index in [0.717, 1.165) is 38.8 Å². The number of carbonyl (C=O) groups excluding carboxylic acids is 2. The highest BCUT2D eigenvalue weighted by Crippen LogP contribution is 2.08.